The quantitative estimate of drug-likeness (QED) is 0.626. The lowest BCUT2D eigenvalue weighted by atomic mass is 10.1. The van der Waals surface area contributed by atoms with Gasteiger partial charge in [0.25, 0.3) is 0 Å². The summed E-state index contributed by atoms with van der Waals surface area (Å²) in [5.74, 6) is 0.789. The van der Waals surface area contributed by atoms with Crippen LogP contribution in [0.2, 0.25) is 0 Å². The van der Waals surface area contributed by atoms with Gasteiger partial charge in [0, 0.05) is 6.42 Å². The van der Waals surface area contributed by atoms with E-state index in [9.17, 15) is 5.11 Å². The van der Waals surface area contributed by atoms with Crippen LogP contribution in [-0.4, -0.2) is 16.2 Å². The lowest BCUT2D eigenvalue weighted by molar-refractivity contribution is 0.208. The lowest BCUT2D eigenvalue weighted by Crippen LogP contribution is -2.01. The summed E-state index contributed by atoms with van der Waals surface area (Å²) in [5, 5.41) is 9.53. The number of allylic oxidation sites excluding steroid dienone is 1. The van der Waals surface area contributed by atoms with Crippen LogP contribution in [0.1, 0.15) is 32.1 Å². The second-order valence-electron chi connectivity index (χ2n) is 4.41. The smallest absolute Gasteiger partial charge is 0.195 e. The van der Waals surface area contributed by atoms with Crippen LogP contribution in [0.25, 0.3) is 11.1 Å². The average Bonchev–Trinajstić information content (AvgIpc) is 2.77. The van der Waals surface area contributed by atoms with Crippen molar-refractivity contribution >= 4 is 11.1 Å². The normalized spacial score (nSPS) is 13.4. The first-order valence-electron chi connectivity index (χ1n) is 6.45. The Morgan fingerprint density at radius 2 is 2.17 bits per heavy atom. The van der Waals surface area contributed by atoms with Crippen molar-refractivity contribution in [1.29, 1.82) is 0 Å². The molecule has 0 bridgehead atoms. The Hall–Kier alpha value is -1.61. The number of aliphatic hydroxyl groups is 1. The SMILES string of the molecule is C/C=C/[C@@H](O)CCCCc1nc2ccccc2o1. The maximum atomic E-state index is 9.53. The summed E-state index contributed by atoms with van der Waals surface area (Å²) < 4.78 is 5.63. The van der Waals surface area contributed by atoms with Crippen molar-refractivity contribution in [2.45, 2.75) is 38.7 Å². The number of nitrogens with zero attached hydrogens (tertiary/aromatic N) is 1. The summed E-state index contributed by atoms with van der Waals surface area (Å²) in [6.45, 7) is 1.92. The number of fused-ring (bicyclic) bond motifs is 1. The van der Waals surface area contributed by atoms with Crippen molar-refractivity contribution in [2.75, 3.05) is 0 Å². The van der Waals surface area contributed by atoms with E-state index < -0.39 is 0 Å². The highest BCUT2D eigenvalue weighted by molar-refractivity contribution is 5.72. The van der Waals surface area contributed by atoms with Gasteiger partial charge in [0.2, 0.25) is 0 Å². The predicted octanol–water partition coefficient (Wildman–Crippen LogP) is 3.48. The zero-order chi connectivity index (χ0) is 12.8. The molecule has 1 atom stereocenters. The highest BCUT2D eigenvalue weighted by Gasteiger charge is 2.05. The zero-order valence-corrected chi connectivity index (χ0v) is 10.7. The van der Waals surface area contributed by atoms with Crippen LogP contribution in [0.5, 0.6) is 0 Å². The average molecular weight is 245 g/mol. The summed E-state index contributed by atoms with van der Waals surface area (Å²) in [7, 11) is 0. The van der Waals surface area contributed by atoms with Crippen LogP contribution in [0.15, 0.2) is 40.8 Å². The molecule has 18 heavy (non-hydrogen) atoms. The van der Waals surface area contributed by atoms with E-state index in [1.54, 1.807) is 0 Å². The van der Waals surface area contributed by atoms with E-state index in [0.717, 1.165) is 42.7 Å². The Bertz CT molecular complexity index is 483. The number of para-hydroxylation sites is 2. The number of aromatic nitrogens is 1. The molecule has 0 fully saturated rings. The fourth-order valence-electron chi connectivity index (χ4n) is 1.97. The molecule has 96 valence electrons. The van der Waals surface area contributed by atoms with Gasteiger partial charge in [-0.1, -0.05) is 30.7 Å². The van der Waals surface area contributed by atoms with E-state index in [1.165, 1.54) is 0 Å². The van der Waals surface area contributed by atoms with Gasteiger partial charge in [0.15, 0.2) is 11.5 Å². The van der Waals surface area contributed by atoms with E-state index in [-0.39, 0.29) is 6.10 Å². The number of oxazole rings is 1. The third-order valence-corrected chi connectivity index (χ3v) is 2.89. The second kappa shape index (κ2) is 6.36. The van der Waals surface area contributed by atoms with Crippen LogP contribution in [0, 0.1) is 0 Å². The number of aliphatic hydroxyl groups excluding tert-OH is 1. The number of hydrogen-bond donors (Lipinski definition) is 1. The maximum Gasteiger partial charge on any atom is 0.195 e. The number of benzene rings is 1. The summed E-state index contributed by atoms with van der Waals surface area (Å²) in [6.07, 6.45) is 6.97. The zero-order valence-electron chi connectivity index (χ0n) is 10.7. The Morgan fingerprint density at radius 1 is 1.33 bits per heavy atom. The van der Waals surface area contributed by atoms with Gasteiger partial charge in [-0.2, -0.15) is 0 Å². The molecule has 3 nitrogen and oxygen atoms in total. The monoisotopic (exact) mass is 245 g/mol. The molecule has 0 amide bonds. The first-order chi connectivity index (χ1) is 8.79. The molecule has 0 saturated heterocycles. The number of rotatable bonds is 6. The van der Waals surface area contributed by atoms with E-state index in [4.69, 9.17) is 4.42 Å². The third kappa shape index (κ3) is 3.44. The molecule has 0 unspecified atom stereocenters. The number of unbranched alkanes of at least 4 members (excludes halogenated alkanes) is 1. The van der Waals surface area contributed by atoms with Crippen molar-refractivity contribution < 1.29 is 9.52 Å². The van der Waals surface area contributed by atoms with Crippen LogP contribution < -0.4 is 0 Å². The van der Waals surface area contributed by atoms with Crippen LogP contribution >= 0.6 is 0 Å². The van der Waals surface area contributed by atoms with Crippen molar-refractivity contribution in [1.82, 2.24) is 4.98 Å². The Morgan fingerprint density at radius 3 is 2.94 bits per heavy atom. The topological polar surface area (TPSA) is 46.3 Å². The van der Waals surface area contributed by atoms with Crippen molar-refractivity contribution in [3.8, 4) is 0 Å². The molecule has 0 aliphatic heterocycles. The van der Waals surface area contributed by atoms with E-state index >= 15 is 0 Å². The molecule has 1 heterocycles. The van der Waals surface area contributed by atoms with Crippen molar-refractivity contribution in [3.05, 3.63) is 42.3 Å². The molecule has 1 N–H and O–H groups in total. The van der Waals surface area contributed by atoms with E-state index in [1.807, 2.05) is 43.3 Å². The fourth-order valence-corrected chi connectivity index (χ4v) is 1.97. The highest BCUT2D eigenvalue weighted by atomic mass is 16.3. The minimum absolute atomic E-state index is 0.321. The molecule has 0 spiro atoms. The fraction of sp³-hybridized carbons (Fsp3) is 0.400. The molecule has 0 radical (unpaired) electrons. The third-order valence-electron chi connectivity index (χ3n) is 2.89. The minimum atomic E-state index is -0.321. The number of aryl methyl sites for hydroxylation is 1. The summed E-state index contributed by atoms with van der Waals surface area (Å²) >= 11 is 0. The standard InChI is InChI=1S/C15H19NO2/c1-2-7-12(17)8-3-6-11-15-16-13-9-4-5-10-14(13)18-15/h2,4-5,7,9-10,12,17H,3,6,8,11H2,1H3/b7-2+/t12-/m1/s1. The number of hydrogen-bond acceptors (Lipinski definition) is 3. The molecular weight excluding hydrogens is 226 g/mol. The molecule has 2 rings (SSSR count). The van der Waals surface area contributed by atoms with Crippen LogP contribution in [-0.2, 0) is 6.42 Å². The second-order valence-corrected chi connectivity index (χ2v) is 4.41. The van der Waals surface area contributed by atoms with Gasteiger partial charge in [0.1, 0.15) is 5.52 Å². The van der Waals surface area contributed by atoms with Gasteiger partial charge in [-0.15, -0.1) is 0 Å². The Balaban J connectivity index is 1.80. The van der Waals surface area contributed by atoms with Gasteiger partial charge >= 0.3 is 0 Å². The predicted molar refractivity (Wildman–Crippen MR) is 72.4 cm³/mol. The van der Waals surface area contributed by atoms with Gasteiger partial charge < -0.3 is 9.52 Å². The van der Waals surface area contributed by atoms with Crippen molar-refractivity contribution in [3.63, 3.8) is 0 Å². The first-order valence-corrected chi connectivity index (χ1v) is 6.45. The van der Waals surface area contributed by atoms with Crippen molar-refractivity contribution in [2.24, 2.45) is 0 Å². The minimum Gasteiger partial charge on any atom is -0.441 e. The molecule has 3 heteroatoms. The highest BCUT2D eigenvalue weighted by Crippen LogP contribution is 2.16. The molecule has 2 aromatic rings. The van der Waals surface area contributed by atoms with Gasteiger partial charge in [0.05, 0.1) is 6.10 Å². The summed E-state index contributed by atoms with van der Waals surface area (Å²) in [4.78, 5) is 4.42. The van der Waals surface area contributed by atoms with Gasteiger partial charge in [-0.05, 0) is 31.9 Å². The molecule has 0 aliphatic carbocycles. The largest absolute Gasteiger partial charge is 0.441 e. The van der Waals surface area contributed by atoms with Crippen LogP contribution in [0.3, 0.4) is 0 Å². The van der Waals surface area contributed by atoms with Gasteiger partial charge in [-0.25, -0.2) is 4.98 Å². The summed E-state index contributed by atoms with van der Waals surface area (Å²) in [6, 6.07) is 7.80. The first kappa shape index (κ1) is 12.8. The molecule has 0 aliphatic rings. The van der Waals surface area contributed by atoms with Crippen LogP contribution in [0.4, 0.5) is 0 Å². The summed E-state index contributed by atoms with van der Waals surface area (Å²) in [5.41, 5.74) is 1.77. The lowest BCUT2D eigenvalue weighted by Gasteiger charge is -2.03. The van der Waals surface area contributed by atoms with E-state index in [0.29, 0.717) is 0 Å². The Labute approximate surface area is 107 Å². The molecular formula is C15H19NO2. The maximum absolute atomic E-state index is 9.53. The molecule has 1 aromatic carbocycles. The Kier molecular flexibility index (Phi) is 4.53. The molecule has 0 saturated carbocycles. The molecule has 1 aromatic heterocycles. The van der Waals surface area contributed by atoms with Gasteiger partial charge in [-0.3, -0.25) is 0 Å². The van der Waals surface area contributed by atoms with E-state index in [2.05, 4.69) is 4.98 Å².